The molecule has 0 bridgehead atoms. The van der Waals surface area contributed by atoms with Crippen molar-refractivity contribution in [2.45, 2.75) is 51.1 Å². The maximum Gasteiger partial charge on any atom is 0.334 e. The molecule has 0 radical (unpaired) electrons. The van der Waals surface area contributed by atoms with Crippen LogP contribution in [0, 0.1) is 19.3 Å². The molecule has 13 nitrogen and oxygen atoms in total. The first kappa shape index (κ1) is 33.9. The summed E-state index contributed by atoms with van der Waals surface area (Å²) in [5.74, 6) is -1.01. The average Bonchev–Trinajstić information content (AvgIpc) is 3.44. The topological polar surface area (TPSA) is 185 Å². The number of thiophene rings is 1. The molecule has 6 N–H and O–H groups in total. The monoisotopic (exact) mass is 662 g/mol. The van der Waals surface area contributed by atoms with E-state index in [4.69, 9.17) is 20.6 Å². The Kier molecular flexibility index (Phi) is 11.2. The number of nitrogen functional groups attached to an aromatic ring is 1. The molecule has 2 unspecified atom stereocenters. The second-order valence-corrected chi connectivity index (χ2v) is 12.7. The van der Waals surface area contributed by atoms with E-state index in [-0.39, 0.29) is 24.5 Å². The van der Waals surface area contributed by atoms with Crippen molar-refractivity contribution in [1.29, 1.82) is 5.41 Å². The second kappa shape index (κ2) is 15.5. The number of aryl methyl sites for hydroxylation is 3. The van der Waals surface area contributed by atoms with Crippen molar-refractivity contribution < 1.29 is 23.9 Å². The highest BCUT2D eigenvalue weighted by molar-refractivity contribution is 7.12. The molecule has 0 spiro atoms. The molecule has 14 heteroatoms. The number of aromatic nitrogens is 2. The molecule has 2 amide bonds. The van der Waals surface area contributed by atoms with Crippen molar-refractivity contribution in [1.82, 2.24) is 25.5 Å². The van der Waals surface area contributed by atoms with E-state index in [2.05, 4.69) is 30.8 Å². The van der Waals surface area contributed by atoms with Crippen LogP contribution in [0.15, 0.2) is 35.7 Å². The molecule has 47 heavy (non-hydrogen) atoms. The highest BCUT2D eigenvalue weighted by Gasteiger charge is 2.63. The molecular weight excluding hydrogens is 620 g/mol. The first-order valence-corrected chi connectivity index (χ1v) is 16.7. The number of carbonyl (C=O) groups excluding carboxylic acids is 3. The fourth-order valence-corrected chi connectivity index (χ4v) is 6.42. The Morgan fingerprint density at radius 2 is 1.89 bits per heavy atom. The minimum absolute atomic E-state index is 0.196. The minimum Gasteiger partial charge on any atom is -0.464 e. The number of nitrogens with zero attached hydrogens (tertiary/aromatic N) is 3. The zero-order chi connectivity index (χ0) is 33.4. The second-order valence-electron chi connectivity index (χ2n) is 11.8. The van der Waals surface area contributed by atoms with E-state index < -0.39 is 23.5 Å². The van der Waals surface area contributed by atoms with Crippen molar-refractivity contribution >= 4 is 47.0 Å². The normalized spacial score (nSPS) is 19.1. The summed E-state index contributed by atoms with van der Waals surface area (Å²) in [7, 11) is 0. The lowest BCUT2D eigenvalue weighted by Crippen LogP contribution is -2.50. The van der Waals surface area contributed by atoms with Crippen LogP contribution < -0.4 is 21.7 Å². The molecule has 3 heterocycles. The quantitative estimate of drug-likeness (QED) is 0.0702. The summed E-state index contributed by atoms with van der Waals surface area (Å²) in [6, 6.07) is 8.48. The molecule has 5 rings (SSSR count). The van der Waals surface area contributed by atoms with Gasteiger partial charge in [-0.15, -0.1) is 11.3 Å². The number of nitrogens with one attached hydrogen (secondary N) is 4. The molecule has 2 aromatic heterocycles. The summed E-state index contributed by atoms with van der Waals surface area (Å²) in [5, 5.41) is 18.4. The van der Waals surface area contributed by atoms with E-state index in [1.165, 1.54) is 17.6 Å². The smallest absolute Gasteiger partial charge is 0.334 e. The number of rotatable bonds is 15. The van der Waals surface area contributed by atoms with Crippen molar-refractivity contribution in [3.05, 3.63) is 68.7 Å². The lowest BCUT2D eigenvalue weighted by molar-refractivity contribution is -0.147. The van der Waals surface area contributed by atoms with E-state index in [1.807, 2.05) is 12.1 Å². The molecular formula is C33H42N8O5S. The molecule has 2 atom stereocenters. The van der Waals surface area contributed by atoms with Crippen LogP contribution in [0.25, 0.3) is 0 Å². The fourth-order valence-electron chi connectivity index (χ4n) is 5.79. The minimum atomic E-state index is -1.39. The van der Waals surface area contributed by atoms with E-state index in [0.717, 1.165) is 43.6 Å². The molecule has 2 aliphatic rings. The van der Waals surface area contributed by atoms with Gasteiger partial charge >= 0.3 is 5.97 Å². The predicted molar refractivity (Wildman–Crippen MR) is 180 cm³/mol. The maximum atomic E-state index is 13.7. The predicted octanol–water partition coefficient (Wildman–Crippen LogP) is 2.72. The highest BCUT2D eigenvalue weighted by Crippen LogP contribution is 2.38. The standard InChI is InChI=1S/C33H42N8O5S/c1-21-28(22(2)38-32(37-21)36-11-4-8-23-7-3-9-25(35)24(23)20-34)30(43)40-33(19-27(33)39-29(42)26-10-5-18-47-26)31(44)46-15-6-12-41-13-16-45-17-14-41/h3,5,7,9-10,18,20,27,34H,4,6,8,11-17,19,35H2,1-2H3,(H,39,42)(H,40,43)(H,36,37,38). The zero-order valence-electron chi connectivity index (χ0n) is 26.8. The summed E-state index contributed by atoms with van der Waals surface area (Å²) in [6.07, 6.45) is 3.60. The lowest BCUT2D eigenvalue weighted by atomic mass is 10.0. The van der Waals surface area contributed by atoms with Gasteiger partial charge in [0.2, 0.25) is 5.95 Å². The third-order valence-corrected chi connectivity index (χ3v) is 9.31. The van der Waals surface area contributed by atoms with Crippen LogP contribution in [-0.2, 0) is 20.7 Å². The maximum absolute atomic E-state index is 13.7. The SMILES string of the molecule is Cc1nc(NCCCc2cccc(N)c2C=N)nc(C)c1C(=O)NC1(C(=O)OCCCN2CCOCC2)CC1NC(=O)c1cccs1. The molecule has 1 aliphatic heterocycles. The van der Waals surface area contributed by atoms with Gasteiger partial charge in [0, 0.05) is 50.1 Å². The third-order valence-electron chi connectivity index (χ3n) is 8.45. The Labute approximate surface area is 278 Å². The van der Waals surface area contributed by atoms with Gasteiger partial charge < -0.3 is 36.6 Å². The first-order chi connectivity index (χ1) is 22.7. The van der Waals surface area contributed by atoms with Gasteiger partial charge in [0.1, 0.15) is 0 Å². The van der Waals surface area contributed by atoms with Crippen LogP contribution in [0.4, 0.5) is 11.6 Å². The number of morpholine rings is 1. The van der Waals surface area contributed by atoms with E-state index >= 15 is 0 Å². The number of nitrogens with two attached hydrogens (primary N) is 1. The number of ether oxygens (including phenoxy) is 2. The van der Waals surface area contributed by atoms with Gasteiger partial charge in [-0.05, 0) is 56.2 Å². The van der Waals surface area contributed by atoms with E-state index in [9.17, 15) is 14.4 Å². The number of esters is 1. The number of carbonyl (C=O) groups is 3. The van der Waals surface area contributed by atoms with Gasteiger partial charge in [-0.1, -0.05) is 18.2 Å². The van der Waals surface area contributed by atoms with Crippen LogP contribution in [0.3, 0.4) is 0 Å². The fraction of sp³-hybridized carbons (Fsp3) is 0.455. The number of amides is 2. The van der Waals surface area contributed by atoms with Crippen molar-refractivity contribution in [2.24, 2.45) is 0 Å². The number of hydrogen-bond acceptors (Lipinski definition) is 12. The molecule has 1 aromatic carbocycles. The summed E-state index contributed by atoms with van der Waals surface area (Å²) in [5.41, 5.74) is 8.07. The molecule has 1 saturated carbocycles. The van der Waals surface area contributed by atoms with Gasteiger partial charge in [-0.2, -0.15) is 0 Å². The molecule has 1 aliphatic carbocycles. The van der Waals surface area contributed by atoms with E-state index in [0.29, 0.717) is 54.1 Å². The largest absolute Gasteiger partial charge is 0.464 e. The molecule has 3 aromatic rings. The Balaban J connectivity index is 1.21. The molecule has 250 valence electrons. The van der Waals surface area contributed by atoms with E-state index in [1.54, 1.807) is 37.4 Å². The summed E-state index contributed by atoms with van der Waals surface area (Å²) >= 11 is 1.30. The Bertz CT molecular complexity index is 1570. The molecule has 1 saturated heterocycles. The summed E-state index contributed by atoms with van der Waals surface area (Å²) in [4.78, 5) is 51.8. The lowest BCUT2D eigenvalue weighted by Gasteiger charge is -2.26. The van der Waals surface area contributed by atoms with Crippen LogP contribution >= 0.6 is 11.3 Å². The summed E-state index contributed by atoms with van der Waals surface area (Å²) in [6.45, 7) is 8.05. The Morgan fingerprint density at radius 3 is 2.60 bits per heavy atom. The number of benzene rings is 1. The third kappa shape index (κ3) is 8.31. The number of hydrogen-bond donors (Lipinski definition) is 5. The van der Waals surface area contributed by atoms with Crippen molar-refractivity contribution in [3.63, 3.8) is 0 Å². The number of anilines is 2. The van der Waals surface area contributed by atoms with Gasteiger partial charge in [-0.25, -0.2) is 14.8 Å². The average molecular weight is 663 g/mol. The van der Waals surface area contributed by atoms with Crippen LogP contribution in [0.1, 0.15) is 61.8 Å². The first-order valence-electron chi connectivity index (χ1n) is 15.8. The van der Waals surface area contributed by atoms with Gasteiger partial charge in [0.25, 0.3) is 11.8 Å². The van der Waals surface area contributed by atoms with Gasteiger partial charge in [-0.3, -0.25) is 14.5 Å². The summed E-state index contributed by atoms with van der Waals surface area (Å²) < 4.78 is 11.1. The molecule has 2 fully saturated rings. The Morgan fingerprint density at radius 1 is 1.13 bits per heavy atom. The van der Waals surface area contributed by atoms with Crippen LogP contribution in [0.5, 0.6) is 0 Å². The van der Waals surface area contributed by atoms with Gasteiger partial charge in [0.15, 0.2) is 5.54 Å². The van der Waals surface area contributed by atoms with Crippen molar-refractivity contribution in [2.75, 3.05) is 57.1 Å². The Hall–Kier alpha value is -4.40. The highest BCUT2D eigenvalue weighted by atomic mass is 32.1. The van der Waals surface area contributed by atoms with Crippen molar-refractivity contribution in [3.8, 4) is 0 Å². The zero-order valence-corrected chi connectivity index (χ0v) is 27.6. The van der Waals surface area contributed by atoms with Gasteiger partial charge in [0.05, 0.1) is 47.7 Å². The van der Waals surface area contributed by atoms with Crippen LogP contribution in [-0.4, -0.2) is 96.4 Å². The van der Waals surface area contributed by atoms with Crippen LogP contribution in [0.2, 0.25) is 0 Å².